The minimum absolute atomic E-state index is 0.217. The highest BCUT2D eigenvalue weighted by Crippen LogP contribution is 2.14. The van der Waals surface area contributed by atoms with Crippen LogP contribution in [0, 0.1) is 0 Å². The minimum Gasteiger partial charge on any atom is -0.362 e. The molecule has 0 radical (unpaired) electrons. The largest absolute Gasteiger partial charge is 0.362 e. The molecule has 0 saturated carbocycles. The van der Waals surface area contributed by atoms with Crippen molar-refractivity contribution in [2.24, 2.45) is 0 Å². The van der Waals surface area contributed by atoms with Crippen molar-refractivity contribution in [1.82, 2.24) is 15.6 Å². The van der Waals surface area contributed by atoms with Gasteiger partial charge in [-0.15, -0.1) is 0 Å². The number of nitrogens with zero attached hydrogens (tertiary/aromatic N) is 2. The molecule has 1 heterocycles. The van der Waals surface area contributed by atoms with Crippen molar-refractivity contribution < 1.29 is 9.59 Å². The number of aromatic nitrogens is 1. The molecule has 21 heavy (non-hydrogen) atoms. The van der Waals surface area contributed by atoms with E-state index in [4.69, 9.17) is 0 Å². The van der Waals surface area contributed by atoms with Crippen LogP contribution in [-0.2, 0) is 4.79 Å². The molecular formula is C15H24N4O2. The lowest BCUT2D eigenvalue weighted by atomic mass is 10.1. The molecular weight excluding hydrogens is 268 g/mol. The summed E-state index contributed by atoms with van der Waals surface area (Å²) >= 11 is 0. The summed E-state index contributed by atoms with van der Waals surface area (Å²) in [5.74, 6) is 0.0351. The first kappa shape index (κ1) is 16.9. The quantitative estimate of drug-likeness (QED) is 0.874. The normalized spacial score (nSPS) is 12.5. The number of hydrogen-bond acceptors (Lipinski definition) is 4. The fourth-order valence-corrected chi connectivity index (χ4v) is 1.75. The third-order valence-electron chi connectivity index (χ3n) is 2.69. The topological polar surface area (TPSA) is 74.3 Å². The van der Waals surface area contributed by atoms with Gasteiger partial charge < -0.3 is 15.5 Å². The van der Waals surface area contributed by atoms with Gasteiger partial charge in [0.15, 0.2) is 0 Å². The maximum atomic E-state index is 12.3. The molecule has 6 nitrogen and oxygen atoms in total. The molecule has 0 bridgehead atoms. The van der Waals surface area contributed by atoms with Crippen LogP contribution >= 0.6 is 0 Å². The monoisotopic (exact) mass is 292 g/mol. The van der Waals surface area contributed by atoms with Gasteiger partial charge in [0.2, 0.25) is 5.91 Å². The lowest BCUT2D eigenvalue weighted by molar-refractivity contribution is -0.124. The second kappa shape index (κ2) is 6.56. The zero-order chi connectivity index (χ0) is 16.2. The molecule has 0 aliphatic carbocycles. The molecule has 0 spiro atoms. The third-order valence-corrected chi connectivity index (χ3v) is 2.69. The van der Waals surface area contributed by atoms with Crippen LogP contribution in [-0.4, -0.2) is 42.5 Å². The van der Waals surface area contributed by atoms with Gasteiger partial charge in [0.05, 0.1) is 5.56 Å². The van der Waals surface area contributed by atoms with E-state index in [9.17, 15) is 9.59 Å². The summed E-state index contributed by atoms with van der Waals surface area (Å²) in [5.41, 5.74) is 0.108. The van der Waals surface area contributed by atoms with Crippen LogP contribution in [0.3, 0.4) is 0 Å². The highest BCUT2D eigenvalue weighted by atomic mass is 16.2. The van der Waals surface area contributed by atoms with Gasteiger partial charge >= 0.3 is 0 Å². The molecule has 0 fully saturated rings. The Morgan fingerprint density at radius 1 is 1.29 bits per heavy atom. The van der Waals surface area contributed by atoms with Crippen molar-refractivity contribution in [3.63, 3.8) is 0 Å². The van der Waals surface area contributed by atoms with E-state index >= 15 is 0 Å². The van der Waals surface area contributed by atoms with Crippen LogP contribution in [0.25, 0.3) is 0 Å². The third kappa shape index (κ3) is 5.06. The van der Waals surface area contributed by atoms with E-state index in [1.807, 2.05) is 34.9 Å². The number of rotatable bonds is 4. The van der Waals surface area contributed by atoms with E-state index in [1.54, 1.807) is 30.2 Å². The van der Waals surface area contributed by atoms with Gasteiger partial charge in [0.25, 0.3) is 5.91 Å². The predicted octanol–water partition coefficient (Wildman–Crippen LogP) is 1.18. The van der Waals surface area contributed by atoms with Gasteiger partial charge in [-0.25, -0.2) is 4.98 Å². The molecule has 0 aliphatic heterocycles. The van der Waals surface area contributed by atoms with E-state index in [0.717, 1.165) is 0 Å². The van der Waals surface area contributed by atoms with Gasteiger partial charge in [0, 0.05) is 25.8 Å². The highest BCUT2D eigenvalue weighted by Gasteiger charge is 2.22. The first-order valence-corrected chi connectivity index (χ1v) is 6.87. The molecule has 116 valence electrons. The maximum absolute atomic E-state index is 12.3. The maximum Gasteiger partial charge on any atom is 0.255 e. The second-order valence-corrected chi connectivity index (χ2v) is 6.20. The Morgan fingerprint density at radius 3 is 2.43 bits per heavy atom. The van der Waals surface area contributed by atoms with E-state index in [0.29, 0.717) is 11.4 Å². The van der Waals surface area contributed by atoms with Crippen molar-refractivity contribution in [1.29, 1.82) is 0 Å². The smallest absolute Gasteiger partial charge is 0.255 e. The molecule has 1 atom stereocenters. The summed E-state index contributed by atoms with van der Waals surface area (Å²) < 4.78 is 0. The summed E-state index contributed by atoms with van der Waals surface area (Å²) in [5, 5.41) is 5.53. The molecule has 2 amide bonds. The number of carbonyl (C=O) groups excluding carboxylic acids is 2. The molecule has 1 aromatic heterocycles. The van der Waals surface area contributed by atoms with Crippen molar-refractivity contribution in [2.75, 3.05) is 19.0 Å². The van der Waals surface area contributed by atoms with Crippen molar-refractivity contribution >= 4 is 17.6 Å². The molecule has 0 aromatic carbocycles. The van der Waals surface area contributed by atoms with Crippen LogP contribution in [0.4, 0.5) is 5.82 Å². The predicted molar refractivity (Wildman–Crippen MR) is 83.4 cm³/mol. The van der Waals surface area contributed by atoms with Crippen LogP contribution in [0.1, 0.15) is 38.1 Å². The van der Waals surface area contributed by atoms with Gasteiger partial charge in [-0.05, 0) is 39.8 Å². The fraction of sp³-hybridized carbons (Fsp3) is 0.533. The Kier molecular flexibility index (Phi) is 5.29. The van der Waals surface area contributed by atoms with Gasteiger partial charge in [-0.3, -0.25) is 9.59 Å². The Balaban J connectivity index is 2.80. The zero-order valence-corrected chi connectivity index (χ0v) is 13.5. The Morgan fingerprint density at radius 2 is 1.90 bits per heavy atom. The van der Waals surface area contributed by atoms with E-state index < -0.39 is 6.04 Å². The summed E-state index contributed by atoms with van der Waals surface area (Å²) in [4.78, 5) is 30.2. The number of carbonyl (C=O) groups is 2. The van der Waals surface area contributed by atoms with Crippen LogP contribution in [0.5, 0.6) is 0 Å². The number of amides is 2. The lowest BCUT2D eigenvalue weighted by Gasteiger charge is -2.24. The number of nitrogens with one attached hydrogen (secondary N) is 2. The average Bonchev–Trinajstić information content (AvgIpc) is 2.36. The standard InChI is InChI=1S/C15H24N4O2/c1-10(13(20)18-15(2,3)4)17-14(21)11-8-7-9-16-12(11)19(5)6/h7-10H,1-6H3,(H,17,21)(H,18,20)/t10-/m1/s1. The van der Waals surface area contributed by atoms with Crippen molar-refractivity contribution in [3.8, 4) is 0 Å². The first-order chi connectivity index (χ1) is 9.61. The van der Waals surface area contributed by atoms with Gasteiger partial charge in [-0.2, -0.15) is 0 Å². The zero-order valence-electron chi connectivity index (χ0n) is 13.5. The van der Waals surface area contributed by atoms with Crippen LogP contribution in [0.15, 0.2) is 18.3 Å². The van der Waals surface area contributed by atoms with E-state index in [-0.39, 0.29) is 17.4 Å². The Hall–Kier alpha value is -2.11. The first-order valence-electron chi connectivity index (χ1n) is 6.87. The van der Waals surface area contributed by atoms with Gasteiger partial charge in [-0.1, -0.05) is 0 Å². The number of pyridine rings is 1. The molecule has 1 aromatic rings. The summed E-state index contributed by atoms with van der Waals surface area (Å²) in [6, 6.07) is 2.76. The Bertz CT molecular complexity index is 521. The Labute approximate surface area is 125 Å². The number of hydrogen-bond donors (Lipinski definition) is 2. The SMILES string of the molecule is C[C@@H](NC(=O)c1cccnc1N(C)C)C(=O)NC(C)(C)C. The van der Waals surface area contributed by atoms with E-state index in [2.05, 4.69) is 15.6 Å². The molecule has 1 rings (SSSR count). The second-order valence-electron chi connectivity index (χ2n) is 6.20. The minimum atomic E-state index is -0.619. The molecule has 0 unspecified atom stereocenters. The summed E-state index contributed by atoms with van der Waals surface area (Å²) in [7, 11) is 3.63. The fourth-order valence-electron chi connectivity index (χ4n) is 1.75. The number of anilines is 1. The van der Waals surface area contributed by atoms with E-state index in [1.165, 1.54) is 0 Å². The molecule has 0 saturated heterocycles. The molecule has 6 heteroatoms. The van der Waals surface area contributed by atoms with Crippen molar-refractivity contribution in [2.45, 2.75) is 39.3 Å². The van der Waals surface area contributed by atoms with Crippen LogP contribution in [0.2, 0.25) is 0 Å². The van der Waals surface area contributed by atoms with Crippen LogP contribution < -0.4 is 15.5 Å². The summed E-state index contributed by atoms with van der Waals surface area (Å²) in [6.45, 7) is 7.34. The lowest BCUT2D eigenvalue weighted by Crippen LogP contribution is -2.50. The molecule has 0 aliphatic rings. The van der Waals surface area contributed by atoms with Gasteiger partial charge in [0.1, 0.15) is 11.9 Å². The average molecular weight is 292 g/mol. The highest BCUT2D eigenvalue weighted by molar-refractivity contribution is 6.01. The summed E-state index contributed by atoms with van der Waals surface area (Å²) in [6.07, 6.45) is 1.63. The molecule has 2 N–H and O–H groups in total. The van der Waals surface area contributed by atoms with Crippen molar-refractivity contribution in [3.05, 3.63) is 23.9 Å².